The molecular weight excluding hydrogens is 214 g/mol. The predicted octanol–water partition coefficient (Wildman–Crippen LogP) is 1.87. The van der Waals surface area contributed by atoms with Crippen LogP contribution >= 0.6 is 0 Å². The van der Waals surface area contributed by atoms with Crippen LogP contribution in [0.4, 0.5) is 0 Å². The van der Waals surface area contributed by atoms with E-state index in [4.69, 9.17) is 9.84 Å². The zero-order valence-electron chi connectivity index (χ0n) is 10.4. The van der Waals surface area contributed by atoms with Crippen molar-refractivity contribution in [3.8, 4) is 5.75 Å². The van der Waals surface area contributed by atoms with Crippen molar-refractivity contribution in [1.29, 1.82) is 0 Å². The second-order valence-electron chi connectivity index (χ2n) is 4.69. The van der Waals surface area contributed by atoms with Crippen LogP contribution in [-0.2, 0) is 0 Å². The molecule has 0 atom stereocenters. The van der Waals surface area contributed by atoms with E-state index in [1.807, 2.05) is 12.1 Å². The van der Waals surface area contributed by atoms with Gasteiger partial charge in [0.25, 0.3) is 0 Å². The highest BCUT2D eigenvalue weighted by atomic mass is 16.5. The van der Waals surface area contributed by atoms with Crippen molar-refractivity contribution >= 4 is 0 Å². The Hall–Kier alpha value is -1.06. The molecule has 1 N–H and O–H groups in total. The van der Waals surface area contributed by atoms with E-state index >= 15 is 0 Å². The second kappa shape index (κ2) is 6.03. The summed E-state index contributed by atoms with van der Waals surface area (Å²) in [6, 6.07) is 8.22. The van der Waals surface area contributed by atoms with Gasteiger partial charge in [0, 0.05) is 0 Å². The molecule has 0 spiro atoms. The van der Waals surface area contributed by atoms with E-state index in [0.29, 0.717) is 12.5 Å². The van der Waals surface area contributed by atoms with Gasteiger partial charge >= 0.3 is 0 Å². The van der Waals surface area contributed by atoms with Gasteiger partial charge in [-0.2, -0.15) is 0 Å². The van der Waals surface area contributed by atoms with Crippen LogP contribution in [-0.4, -0.2) is 43.4 Å². The van der Waals surface area contributed by atoms with Crippen LogP contribution in [0.15, 0.2) is 24.3 Å². The SMILES string of the molecule is CN1CCC(c2ccccc2OCCO)CC1. The van der Waals surface area contributed by atoms with E-state index in [1.54, 1.807) is 0 Å². The molecule has 0 unspecified atom stereocenters. The van der Waals surface area contributed by atoms with Crippen LogP contribution in [0.1, 0.15) is 24.3 Å². The number of aliphatic hydroxyl groups excluding tert-OH is 1. The van der Waals surface area contributed by atoms with Crippen LogP contribution in [0, 0.1) is 0 Å². The molecule has 0 bridgehead atoms. The van der Waals surface area contributed by atoms with Crippen molar-refractivity contribution in [1.82, 2.24) is 4.90 Å². The lowest BCUT2D eigenvalue weighted by Gasteiger charge is -2.30. The summed E-state index contributed by atoms with van der Waals surface area (Å²) in [6.45, 7) is 2.75. The molecule has 1 heterocycles. The highest BCUT2D eigenvalue weighted by Gasteiger charge is 2.20. The van der Waals surface area contributed by atoms with E-state index < -0.39 is 0 Å². The van der Waals surface area contributed by atoms with Crippen molar-refractivity contribution in [2.24, 2.45) is 0 Å². The topological polar surface area (TPSA) is 32.7 Å². The smallest absolute Gasteiger partial charge is 0.122 e. The fourth-order valence-electron chi connectivity index (χ4n) is 2.42. The first-order valence-electron chi connectivity index (χ1n) is 6.32. The van der Waals surface area contributed by atoms with Crippen LogP contribution < -0.4 is 4.74 Å². The van der Waals surface area contributed by atoms with Crippen LogP contribution in [0.25, 0.3) is 0 Å². The lowest BCUT2D eigenvalue weighted by Crippen LogP contribution is -2.29. The average molecular weight is 235 g/mol. The molecule has 94 valence electrons. The number of nitrogens with zero attached hydrogens (tertiary/aromatic N) is 1. The summed E-state index contributed by atoms with van der Waals surface area (Å²) in [5, 5.41) is 8.83. The highest BCUT2D eigenvalue weighted by molar-refractivity contribution is 5.36. The lowest BCUT2D eigenvalue weighted by atomic mass is 9.89. The molecule has 17 heavy (non-hydrogen) atoms. The van der Waals surface area contributed by atoms with Gasteiger partial charge in [-0.3, -0.25) is 0 Å². The summed E-state index contributed by atoms with van der Waals surface area (Å²) in [6.07, 6.45) is 2.38. The van der Waals surface area contributed by atoms with E-state index in [1.165, 1.54) is 18.4 Å². The molecular formula is C14H21NO2. The summed E-state index contributed by atoms with van der Waals surface area (Å²) in [5.74, 6) is 1.54. The van der Waals surface area contributed by atoms with Gasteiger partial charge in [0.15, 0.2) is 0 Å². The lowest BCUT2D eigenvalue weighted by molar-refractivity contribution is 0.197. The molecule has 1 saturated heterocycles. The zero-order valence-corrected chi connectivity index (χ0v) is 10.4. The van der Waals surface area contributed by atoms with Crippen molar-refractivity contribution < 1.29 is 9.84 Å². The molecule has 0 saturated carbocycles. The summed E-state index contributed by atoms with van der Waals surface area (Å²) in [5.41, 5.74) is 1.30. The van der Waals surface area contributed by atoms with E-state index in [-0.39, 0.29) is 6.61 Å². The predicted molar refractivity (Wildman–Crippen MR) is 68.5 cm³/mol. The summed E-state index contributed by atoms with van der Waals surface area (Å²) >= 11 is 0. The van der Waals surface area contributed by atoms with Gasteiger partial charge in [-0.1, -0.05) is 18.2 Å². The van der Waals surface area contributed by atoms with Crippen molar-refractivity contribution in [2.75, 3.05) is 33.4 Å². The summed E-state index contributed by atoms with van der Waals surface area (Å²) < 4.78 is 5.60. The quantitative estimate of drug-likeness (QED) is 0.864. The molecule has 2 rings (SSSR count). The third-order valence-electron chi connectivity index (χ3n) is 3.43. The minimum Gasteiger partial charge on any atom is -0.491 e. The molecule has 3 nitrogen and oxygen atoms in total. The van der Waals surface area contributed by atoms with Gasteiger partial charge in [0.1, 0.15) is 12.4 Å². The molecule has 1 fully saturated rings. The Morgan fingerprint density at radius 2 is 2.00 bits per heavy atom. The Balaban J connectivity index is 2.08. The Kier molecular flexibility index (Phi) is 4.40. The maximum atomic E-state index is 8.83. The first-order valence-corrected chi connectivity index (χ1v) is 6.32. The molecule has 0 amide bonds. The maximum absolute atomic E-state index is 8.83. The molecule has 0 aliphatic carbocycles. The maximum Gasteiger partial charge on any atom is 0.122 e. The largest absolute Gasteiger partial charge is 0.491 e. The van der Waals surface area contributed by atoms with Gasteiger partial charge < -0.3 is 14.7 Å². The van der Waals surface area contributed by atoms with E-state index in [0.717, 1.165) is 18.8 Å². The number of aliphatic hydroxyl groups is 1. The molecule has 1 aromatic carbocycles. The number of hydrogen-bond acceptors (Lipinski definition) is 3. The minimum absolute atomic E-state index is 0.0712. The molecule has 1 aliphatic heterocycles. The van der Waals surface area contributed by atoms with Crippen LogP contribution in [0.3, 0.4) is 0 Å². The summed E-state index contributed by atoms with van der Waals surface area (Å²) in [7, 11) is 2.17. The summed E-state index contributed by atoms with van der Waals surface area (Å²) in [4.78, 5) is 2.37. The second-order valence-corrected chi connectivity index (χ2v) is 4.69. The monoisotopic (exact) mass is 235 g/mol. The fourth-order valence-corrected chi connectivity index (χ4v) is 2.42. The fraction of sp³-hybridized carbons (Fsp3) is 0.571. The van der Waals surface area contributed by atoms with Crippen molar-refractivity contribution in [3.05, 3.63) is 29.8 Å². The van der Waals surface area contributed by atoms with Gasteiger partial charge in [-0.05, 0) is 50.5 Å². The van der Waals surface area contributed by atoms with Gasteiger partial charge in [-0.15, -0.1) is 0 Å². The van der Waals surface area contributed by atoms with Gasteiger partial charge in [0.2, 0.25) is 0 Å². The number of piperidine rings is 1. The Morgan fingerprint density at radius 1 is 1.29 bits per heavy atom. The number of benzene rings is 1. The third-order valence-corrected chi connectivity index (χ3v) is 3.43. The third kappa shape index (κ3) is 3.20. The van der Waals surface area contributed by atoms with Crippen LogP contribution in [0.2, 0.25) is 0 Å². The standard InChI is InChI=1S/C14H21NO2/c1-15-8-6-12(7-9-15)13-4-2-3-5-14(13)17-11-10-16/h2-5,12,16H,6-11H2,1H3. The number of hydrogen-bond donors (Lipinski definition) is 1. The first kappa shape index (κ1) is 12.4. The molecule has 1 aromatic rings. The molecule has 3 heteroatoms. The normalized spacial score (nSPS) is 18.2. The van der Waals surface area contributed by atoms with E-state index in [9.17, 15) is 0 Å². The number of likely N-dealkylation sites (tertiary alicyclic amines) is 1. The Labute approximate surface area is 103 Å². The molecule has 0 aromatic heterocycles. The van der Waals surface area contributed by atoms with E-state index in [2.05, 4.69) is 24.1 Å². The number of ether oxygens (including phenoxy) is 1. The zero-order chi connectivity index (χ0) is 12.1. The van der Waals surface area contributed by atoms with Gasteiger partial charge in [0.05, 0.1) is 6.61 Å². The van der Waals surface area contributed by atoms with Crippen molar-refractivity contribution in [2.45, 2.75) is 18.8 Å². The minimum atomic E-state index is 0.0712. The average Bonchev–Trinajstić information content (AvgIpc) is 2.38. The number of rotatable bonds is 4. The Bertz CT molecular complexity index is 346. The van der Waals surface area contributed by atoms with Gasteiger partial charge in [-0.25, -0.2) is 0 Å². The first-order chi connectivity index (χ1) is 8.31. The Morgan fingerprint density at radius 3 is 2.71 bits per heavy atom. The van der Waals surface area contributed by atoms with Crippen LogP contribution in [0.5, 0.6) is 5.75 Å². The highest BCUT2D eigenvalue weighted by Crippen LogP contribution is 2.33. The number of para-hydroxylation sites is 1. The molecule has 1 aliphatic rings. The van der Waals surface area contributed by atoms with Crippen molar-refractivity contribution in [3.63, 3.8) is 0 Å². The molecule has 0 radical (unpaired) electrons.